The van der Waals surface area contributed by atoms with E-state index >= 15 is 0 Å². The molecule has 0 saturated carbocycles. The van der Waals surface area contributed by atoms with Crippen molar-refractivity contribution in [1.82, 2.24) is 5.32 Å². The van der Waals surface area contributed by atoms with Gasteiger partial charge in [-0.15, -0.1) is 0 Å². The zero-order chi connectivity index (χ0) is 57.1. The summed E-state index contributed by atoms with van der Waals surface area (Å²) in [6.45, 7) is 4.94. The van der Waals surface area contributed by atoms with Gasteiger partial charge in [0, 0.05) is 12.8 Å². The lowest BCUT2D eigenvalue weighted by Gasteiger charge is -2.20. The molecule has 79 heavy (non-hydrogen) atoms. The van der Waals surface area contributed by atoms with Crippen molar-refractivity contribution in [2.75, 3.05) is 13.2 Å². The molecule has 6 heteroatoms. The molecule has 0 aliphatic carbocycles. The third-order valence-corrected chi connectivity index (χ3v) is 17.0. The zero-order valence-corrected chi connectivity index (χ0v) is 53.6. The highest BCUT2D eigenvalue weighted by atomic mass is 16.5. The van der Waals surface area contributed by atoms with Gasteiger partial charge in [-0.25, -0.2) is 0 Å². The van der Waals surface area contributed by atoms with Crippen molar-refractivity contribution in [2.24, 2.45) is 0 Å². The van der Waals surface area contributed by atoms with Crippen molar-refractivity contribution in [3.8, 4) is 0 Å². The monoisotopic (exact) mass is 1110 g/mol. The van der Waals surface area contributed by atoms with Gasteiger partial charge in [0.2, 0.25) is 5.91 Å². The summed E-state index contributed by atoms with van der Waals surface area (Å²) < 4.78 is 5.50. The molecule has 0 saturated heterocycles. The van der Waals surface area contributed by atoms with Gasteiger partial charge >= 0.3 is 5.97 Å². The molecule has 2 atom stereocenters. The number of aliphatic hydroxyl groups excluding tert-OH is 2. The Morgan fingerprint density at radius 1 is 0.342 bits per heavy atom. The summed E-state index contributed by atoms with van der Waals surface area (Å²) in [7, 11) is 0. The molecule has 468 valence electrons. The molecule has 0 radical (unpaired) electrons. The summed E-state index contributed by atoms with van der Waals surface area (Å²) in [6, 6.07) is -0.629. The smallest absolute Gasteiger partial charge is 0.305 e. The second-order valence-corrected chi connectivity index (χ2v) is 24.9. The molecule has 0 fully saturated rings. The van der Waals surface area contributed by atoms with E-state index < -0.39 is 12.1 Å². The van der Waals surface area contributed by atoms with Crippen molar-refractivity contribution < 1.29 is 24.5 Å². The number of carbonyl (C=O) groups excluding carboxylic acids is 2. The minimum absolute atomic E-state index is 0.0115. The van der Waals surface area contributed by atoms with Gasteiger partial charge in [0.1, 0.15) is 0 Å². The lowest BCUT2D eigenvalue weighted by molar-refractivity contribution is -0.143. The molecule has 0 aliphatic rings. The molecule has 0 spiro atoms. The first kappa shape index (κ1) is 77.3. The first-order valence-corrected chi connectivity index (χ1v) is 36.1. The standard InChI is InChI=1S/C73H141NO5/c1-3-5-7-9-11-13-15-17-19-21-22-23-27-30-34-37-41-45-49-53-57-61-65-71(76)70(69-75)74-72(77)66-62-58-54-50-46-42-38-35-31-28-25-24-26-29-32-36-40-44-48-52-56-60-64-68-79-73(78)67-63-59-55-51-47-43-39-33-20-18-16-14-12-10-8-6-4-2/h18,20,61,65,70-71,75-76H,3-17,19,21-60,62-64,66-69H2,1-2H3,(H,74,77)/b20-18-,65-61+. The number of hydrogen-bond acceptors (Lipinski definition) is 5. The first-order valence-electron chi connectivity index (χ1n) is 36.1. The number of allylic oxidation sites excluding steroid dienone is 3. The minimum atomic E-state index is -0.845. The number of rotatable bonds is 68. The maximum absolute atomic E-state index is 12.5. The molecule has 6 nitrogen and oxygen atoms in total. The summed E-state index contributed by atoms with van der Waals surface area (Å²) in [4.78, 5) is 24.6. The van der Waals surface area contributed by atoms with Gasteiger partial charge in [0.25, 0.3) is 0 Å². The number of ether oxygens (including phenoxy) is 1. The van der Waals surface area contributed by atoms with Crippen LogP contribution < -0.4 is 5.32 Å². The van der Waals surface area contributed by atoms with E-state index in [-0.39, 0.29) is 18.5 Å². The van der Waals surface area contributed by atoms with Crippen LogP contribution in [0.2, 0.25) is 0 Å². The number of aliphatic hydroxyl groups is 2. The van der Waals surface area contributed by atoms with Gasteiger partial charge in [0.15, 0.2) is 0 Å². The molecular formula is C73H141NO5. The molecule has 1 amide bonds. The van der Waals surface area contributed by atoms with E-state index in [1.807, 2.05) is 6.08 Å². The molecule has 0 bridgehead atoms. The van der Waals surface area contributed by atoms with Crippen molar-refractivity contribution in [3.63, 3.8) is 0 Å². The number of amides is 1. The summed E-state index contributed by atoms with van der Waals surface area (Å²) in [5.74, 6) is -0.0515. The maximum Gasteiger partial charge on any atom is 0.305 e. The van der Waals surface area contributed by atoms with Crippen LogP contribution in [-0.4, -0.2) is 47.4 Å². The van der Waals surface area contributed by atoms with Crippen molar-refractivity contribution >= 4 is 11.9 Å². The second-order valence-electron chi connectivity index (χ2n) is 24.9. The van der Waals surface area contributed by atoms with E-state index in [2.05, 4.69) is 31.3 Å². The van der Waals surface area contributed by atoms with Gasteiger partial charge in [-0.2, -0.15) is 0 Å². The normalized spacial score (nSPS) is 12.6. The number of nitrogens with one attached hydrogen (secondary N) is 1. The minimum Gasteiger partial charge on any atom is -0.466 e. The number of unbranched alkanes of at least 4 members (excludes halogenated alkanes) is 55. The Morgan fingerprint density at radius 2 is 0.595 bits per heavy atom. The fourth-order valence-corrected chi connectivity index (χ4v) is 11.5. The van der Waals surface area contributed by atoms with E-state index in [9.17, 15) is 19.8 Å². The zero-order valence-electron chi connectivity index (χ0n) is 53.6. The highest BCUT2D eigenvalue weighted by molar-refractivity contribution is 5.76. The van der Waals surface area contributed by atoms with E-state index in [0.717, 1.165) is 44.9 Å². The SMILES string of the molecule is CCCCCCCC/C=C\CCCCCCCCCC(=O)OCCCCCCCCCCCCCCCCCCCCCCCCCC(=O)NC(CO)C(O)/C=C/CCCCCCCCCCCCCCCCCCCCCC. The van der Waals surface area contributed by atoms with Crippen LogP contribution in [-0.2, 0) is 14.3 Å². The van der Waals surface area contributed by atoms with Crippen LogP contribution in [0.15, 0.2) is 24.3 Å². The molecule has 0 aromatic rings. The van der Waals surface area contributed by atoms with E-state index in [1.54, 1.807) is 6.08 Å². The molecule has 0 aromatic carbocycles. The molecular weight excluding hydrogens is 971 g/mol. The summed E-state index contributed by atoms with van der Waals surface area (Å²) >= 11 is 0. The van der Waals surface area contributed by atoms with Gasteiger partial charge < -0.3 is 20.3 Å². The number of carbonyl (C=O) groups is 2. The first-order chi connectivity index (χ1) is 39.0. The topological polar surface area (TPSA) is 95.9 Å². The van der Waals surface area contributed by atoms with E-state index in [4.69, 9.17) is 4.74 Å². The predicted molar refractivity (Wildman–Crippen MR) is 347 cm³/mol. The van der Waals surface area contributed by atoms with Crippen LogP contribution in [0.1, 0.15) is 406 Å². The van der Waals surface area contributed by atoms with Crippen LogP contribution in [0, 0.1) is 0 Å². The molecule has 0 aliphatic heterocycles. The molecule has 0 heterocycles. The van der Waals surface area contributed by atoms with Gasteiger partial charge in [-0.05, 0) is 57.8 Å². The molecule has 0 rings (SSSR count). The van der Waals surface area contributed by atoms with Crippen molar-refractivity contribution in [3.05, 3.63) is 24.3 Å². The average Bonchev–Trinajstić information content (AvgIpc) is 3.45. The van der Waals surface area contributed by atoms with Crippen LogP contribution in [0.3, 0.4) is 0 Å². The Kier molecular flexibility index (Phi) is 67.4. The number of esters is 1. The Morgan fingerprint density at radius 3 is 0.899 bits per heavy atom. The van der Waals surface area contributed by atoms with E-state index in [0.29, 0.717) is 19.4 Å². The maximum atomic E-state index is 12.5. The lowest BCUT2D eigenvalue weighted by Crippen LogP contribution is -2.45. The van der Waals surface area contributed by atoms with Gasteiger partial charge in [-0.1, -0.05) is 359 Å². The van der Waals surface area contributed by atoms with Crippen LogP contribution in [0.25, 0.3) is 0 Å². The lowest BCUT2D eigenvalue weighted by atomic mass is 10.0. The largest absolute Gasteiger partial charge is 0.466 e. The van der Waals surface area contributed by atoms with E-state index in [1.165, 1.54) is 334 Å². The molecule has 3 N–H and O–H groups in total. The highest BCUT2D eigenvalue weighted by Gasteiger charge is 2.18. The highest BCUT2D eigenvalue weighted by Crippen LogP contribution is 2.19. The second kappa shape index (κ2) is 68.8. The Bertz CT molecular complexity index is 1230. The molecule has 2 unspecified atom stereocenters. The van der Waals surface area contributed by atoms with Crippen molar-refractivity contribution in [2.45, 2.75) is 418 Å². The average molecular weight is 1110 g/mol. The van der Waals surface area contributed by atoms with Crippen LogP contribution in [0.4, 0.5) is 0 Å². The Hall–Kier alpha value is -1.66. The van der Waals surface area contributed by atoms with Gasteiger partial charge in [0.05, 0.1) is 25.4 Å². The fourth-order valence-electron chi connectivity index (χ4n) is 11.5. The predicted octanol–water partition coefficient (Wildman–Crippen LogP) is 23.3. The Labute approximate surface area is 494 Å². The summed E-state index contributed by atoms with van der Waals surface area (Å²) in [6.07, 6.45) is 86.8. The fraction of sp³-hybridized carbons (Fsp3) is 0.918. The van der Waals surface area contributed by atoms with Crippen LogP contribution in [0.5, 0.6) is 0 Å². The molecule has 0 aromatic heterocycles. The third-order valence-electron chi connectivity index (χ3n) is 17.0. The quantitative estimate of drug-likeness (QED) is 0.0320. The summed E-state index contributed by atoms with van der Waals surface area (Å²) in [5, 5.41) is 23.3. The van der Waals surface area contributed by atoms with Crippen LogP contribution >= 0.6 is 0 Å². The number of hydrogen-bond donors (Lipinski definition) is 3. The van der Waals surface area contributed by atoms with Crippen molar-refractivity contribution in [1.29, 1.82) is 0 Å². The Balaban J connectivity index is 3.39. The summed E-state index contributed by atoms with van der Waals surface area (Å²) in [5.41, 5.74) is 0. The third kappa shape index (κ3) is 65.4. The van der Waals surface area contributed by atoms with Gasteiger partial charge in [-0.3, -0.25) is 9.59 Å².